The largest absolute Gasteiger partial charge is 0.343 e. The summed E-state index contributed by atoms with van der Waals surface area (Å²) < 4.78 is 0. The smallest absolute Gasteiger partial charge is 0.251 e. The fourth-order valence-electron chi connectivity index (χ4n) is 3.66. The van der Waals surface area contributed by atoms with Crippen molar-refractivity contribution in [2.24, 2.45) is 5.92 Å². The molecule has 2 aromatic rings. The molecule has 0 radical (unpaired) electrons. The maximum atomic E-state index is 12.4. The molecule has 0 atom stereocenters. The number of rotatable bonds is 5. The first-order valence-electron chi connectivity index (χ1n) is 9.74. The summed E-state index contributed by atoms with van der Waals surface area (Å²) in [6, 6.07) is 17.8. The zero-order valence-corrected chi connectivity index (χ0v) is 16.2. The molecule has 1 fully saturated rings. The van der Waals surface area contributed by atoms with Gasteiger partial charge in [-0.25, -0.2) is 0 Å². The highest BCUT2D eigenvalue weighted by atomic mass is 16.2. The Balaban J connectivity index is 1.52. The molecular formula is C23H28N2O2. The highest BCUT2D eigenvalue weighted by Crippen LogP contribution is 2.26. The van der Waals surface area contributed by atoms with E-state index in [0.29, 0.717) is 11.6 Å². The van der Waals surface area contributed by atoms with Crippen molar-refractivity contribution in [1.29, 1.82) is 0 Å². The first-order chi connectivity index (χ1) is 13.0. The van der Waals surface area contributed by atoms with Gasteiger partial charge in [-0.15, -0.1) is 0 Å². The van der Waals surface area contributed by atoms with E-state index in [1.165, 1.54) is 12.8 Å². The van der Waals surface area contributed by atoms with Gasteiger partial charge in [-0.05, 0) is 54.9 Å². The van der Waals surface area contributed by atoms with Gasteiger partial charge in [0.2, 0.25) is 5.91 Å². The average molecular weight is 364 g/mol. The summed E-state index contributed by atoms with van der Waals surface area (Å²) in [5.74, 6) is 0.515. The summed E-state index contributed by atoms with van der Waals surface area (Å²) in [7, 11) is 1.85. The average Bonchev–Trinajstić information content (AvgIpc) is 2.72. The van der Waals surface area contributed by atoms with Gasteiger partial charge in [0.1, 0.15) is 0 Å². The molecule has 1 N–H and O–H groups in total. The number of carbonyl (C=O) groups is 2. The van der Waals surface area contributed by atoms with E-state index in [1.54, 1.807) is 12.1 Å². The van der Waals surface area contributed by atoms with E-state index in [4.69, 9.17) is 0 Å². The van der Waals surface area contributed by atoms with E-state index in [2.05, 4.69) is 12.2 Å². The Morgan fingerprint density at radius 2 is 1.52 bits per heavy atom. The summed E-state index contributed by atoms with van der Waals surface area (Å²) in [4.78, 5) is 26.6. The van der Waals surface area contributed by atoms with Gasteiger partial charge in [0.25, 0.3) is 5.91 Å². The first kappa shape index (κ1) is 19.2. The third kappa shape index (κ3) is 4.97. The van der Waals surface area contributed by atoms with Gasteiger partial charge < -0.3 is 10.2 Å². The molecule has 0 spiro atoms. The van der Waals surface area contributed by atoms with Crippen LogP contribution in [0.15, 0.2) is 54.6 Å². The normalized spacial score (nSPS) is 19.3. The van der Waals surface area contributed by atoms with Crippen LogP contribution in [0.2, 0.25) is 0 Å². The lowest BCUT2D eigenvalue weighted by Crippen LogP contribution is -2.44. The number of benzene rings is 2. The molecule has 0 unspecified atom stereocenters. The highest BCUT2D eigenvalue weighted by molar-refractivity contribution is 5.96. The standard InChI is InChI=1S/C23H28N2O2/c1-17-8-14-21(15-9-17)25(2)22(26)16-24-23(27)20-12-10-19(11-13-20)18-6-4-3-5-7-18/h3-7,10-13,17,21H,8-9,14-16H2,1-2H3,(H,24,27). The molecule has 3 rings (SSSR count). The van der Waals surface area contributed by atoms with Crippen LogP contribution in [0.4, 0.5) is 0 Å². The van der Waals surface area contributed by atoms with Gasteiger partial charge in [0.15, 0.2) is 0 Å². The van der Waals surface area contributed by atoms with Crippen molar-refractivity contribution in [1.82, 2.24) is 10.2 Å². The molecular weight excluding hydrogens is 336 g/mol. The van der Waals surface area contributed by atoms with Crippen molar-refractivity contribution >= 4 is 11.8 Å². The summed E-state index contributed by atoms with van der Waals surface area (Å²) in [5.41, 5.74) is 2.74. The van der Waals surface area contributed by atoms with Crippen molar-refractivity contribution in [3.05, 3.63) is 60.2 Å². The number of hydrogen-bond acceptors (Lipinski definition) is 2. The fraction of sp³-hybridized carbons (Fsp3) is 0.391. The molecule has 0 heterocycles. The summed E-state index contributed by atoms with van der Waals surface area (Å²) in [6.07, 6.45) is 4.45. The second-order valence-corrected chi connectivity index (χ2v) is 7.54. The number of carbonyl (C=O) groups excluding carboxylic acids is 2. The molecule has 142 valence electrons. The minimum atomic E-state index is -0.214. The van der Waals surface area contributed by atoms with E-state index < -0.39 is 0 Å². The molecule has 4 nitrogen and oxygen atoms in total. The Bertz CT molecular complexity index is 763. The van der Waals surface area contributed by atoms with Crippen molar-refractivity contribution in [3.8, 4) is 11.1 Å². The van der Waals surface area contributed by atoms with Crippen LogP contribution < -0.4 is 5.32 Å². The van der Waals surface area contributed by atoms with Crippen LogP contribution >= 0.6 is 0 Å². The molecule has 2 aromatic carbocycles. The third-order valence-corrected chi connectivity index (χ3v) is 5.58. The lowest BCUT2D eigenvalue weighted by molar-refractivity contribution is -0.131. The minimum Gasteiger partial charge on any atom is -0.343 e. The quantitative estimate of drug-likeness (QED) is 0.867. The number of likely N-dealkylation sites (N-methyl/N-ethyl adjacent to an activating group) is 1. The Morgan fingerprint density at radius 3 is 2.15 bits per heavy atom. The van der Waals surface area contributed by atoms with E-state index in [0.717, 1.165) is 29.9 Å². The molecule has 27 heavy (non-hydrogen) atoms. The SMILES string of the molecule is CC1CCC(N(C)C(=O)CNC(=O)c2ccc(-c3ccccc3)cc2)CC1. The van der Waals surface area contributed by atoms with E-state index in [-0.39, 0.29) is 18.4 Å². The van der Waals surface area contributed by atoms with Crippen molar-refractivity contribution in [2.75, 3.05) is 13.6 Å². The van der Waals surface area contributed by atoms with Gasteiger partial charge in [0.05, 0.1) is 6.54 Å². The summed E-state index contributed by atoms with van der Waals surface area (Å²) in [5, 5.41) is 2.76. The maximum absolute atomic E-state index is 12.4. The Kier molecular flexibility index (Phi) is 6.28. The van der Waals surface area contributed by atoms with Crippen LogP contribution in [0.3, 0.4) is 0 Å². The van der Waals surface area contributed by atoms with Crippen molar-refractivity contribution < 1.29 is 9.59 Å². The van der Waals surface area contributed by atoms with Crippen molar-refractivity contribution in [3.63, 3.8) is 0 Å². The Hall–Kier alpha value is -2.62. The van der Waals surface area contributed by atoms with Crippen LogP contribution in [-0.4, -0.2) is 36.3 Å². The number of nitrogens with zero attached hydrogens (tertiary/aromatic N) is 1. The zero-order valence-electron chi connectivity index (χ0n) is 16.2. The van der Waals surface area contributed by atoms with Gasteiger partial charge in [0, 0.05) is 18.7 Å². The Labute approximate surface area is 161 Å². The third-order valence-electron chi connectivity index (χ3n) is 5.58. The van der Waals surface area contributed by atoms with E-state index in [1.807, 2.05) is 54.4 Å². The van der Waals surface area contributed by atoms with Crippen LogP contribution in [0, 0.1) is 5.92 Å². The lowest BCUT2D eigenvalue weighted by Gasteiger charge is -2.33. The molecule has 0 saturated heterocycles. The molecule has 2 amide bonds. The predicted octanol–water partition coefficient (Wildman–Crippen LogP) is 4.12. The van der Waals surface area contributed by atoms with Gasteiger partial charge >= 0.3 is 0 Å². The van der Waals surface area contributed by atoms with Crippen LogP contribution in [0.25, 0.3) is 11.1 Å². The minimum absolute atomic E-state index is 0.0243. The second kappa shape index (κ2) is 8.85. The lowest BCUT2D eigenvalue weighted by atomic mass is 9.87. The molecule has 0 aliphatic heterocycles. The van der Waals surface area contributed by atoms with Gasteiger partial charge in [-0.3, -0.25) is 9.59 Å². The maximum Gasteiger partial charge on any atom is 0.251 e. The van der Waals surface area contributed by atoms with E-state index >= 15 is 0 Å². The monoisotopic (exact) mass is 364 g/mol. The van der Waals surface area contributed by atoms with Crippen molar-refractivity contribution in [2.45, 2.75) is 38.6 Å². The van der Waals surface area contributed by atoms with Crippen LogP contribution in [-0.2, 0) is 4.79 Å². The molecule has 1 aliphatic rings. The zero-order chi connectivity index (χ0) is 19.2. The summed E-state index contributed by atoms with van der Waals surface area (Å²) >= 11 is 0. The summed E-state index contributed by atoms with van der Waals surface area (Å²) in [6.45, 7) is 2.31. The van der Waals surface area contributed by atoms with Gasteiger partial charge in [-0.2, -0.15) is 0 Å². The van der Waals surface area contributed by atoms with E-state index in [9.17, 15) is 9.59 Å². The first-order valence-corrected chi connectivity index (χ1v) is 9.74. The Morgan fingerprint density at radius 1 is 0.926 bits per heavy atom. The predicted molar refractivity (Wildman–Crippen MR) is 108 cm³/mol. The topological polar surface area (TPSA) is 49.4 Å². The number of nitrogens with one attached hydrogen (secondary N) is 1. The molecule has 1 saturated carbocycles. The second-order valence-electron chi connectivity index (χ2n) is 7.54. The number of amides is 2. The highest BCUT2D eigenvalue weighted by Gasteiger charge is 2.24. The molecule has 0 aromatic heterocycles. The van der Waals surface area contributed by atoms with Crippen LogP contribution in [0.1, 0.15) is 43.0 Å². The fourth-order valence-corrected chi connectivity index (χ4v) is 3.66. The molecule has 0 bridgehead atoms. The molecule has 1 aliphatic carbocycles. The number of hydrogen-bond donors (Lipinski definition) is 1. The van der Waals surface area contributed by atoms with Crippen LogP contribution in [0.5, 0.6) is 0 Å². The van der Waals surface area contributed by atoms with Gasteiger partial charge in [-0.1, -0.05) is 49.4 Å². The molecule has 4 heteroatoms.